The first kappa shape index (κ1) is 29.0. The van der Waals surface area contributed by atoms with Gasteiger partial charge in [-0.2, -0.15) is 10.5 Å². The van der Waals surface area contributed by atoms with Crippen LogP contribution in [-0.4, -0.2) is 9.13 Å². The summed E-state index contributed by atoms with van der Waals surface area (Å²) in [6.07, 6.45) is 11.5. The number of benzene rings is 2. The molecule has 0 saturated heterocycles. The molecule has 4 aromatic rings. The number of halogens is 2. The molecule has 2 heterocycles. The molecule has 8 heteroatoms. The Morgan fingerprint density at radius 3 is 1.36 bits per heavy atom. The summed E-state index contributed by atoms with van der Waals surface area (Å²) < 4.78 is 8.95. The van der Waals surface area contributed by atoms with Crippen molar-refractivity contribution < 1.29 is 43.1 Å². The van der Waals surface area contributed by atoms with Crippen LogP contribution in [0.1, 0.15) is 25.7 Å². The number of unbranched alkanes of at least 4 members (excludes halogenated alkanes) is 1. The number of hydrogen-bond donors (Lipinski definition) is 0. The first-order valence-electron chi connectivity index (χ1n) is 11.8. The minimum absolute atomic E-state index is 0. The van der Waals surface area contributed by atoms with Crippen LogP contribution in [-0.2, 0) is 26.2 Å². The summed E-state index contributed by atoms with van der Waals surface area (Å²) in [6.45, 7) is 3.22. The molecule has 0 spiro atoms. The molecule has 0 radical (unpaired) electrons. The molecule has 186 valence electrons. The van der Waals surface area contributed by atoms with Crippen molar-refractivity contribution in [3.05, 3.63) is 85.5 Å². The summed E-state index contributed by atoms with van der Waals surface area (Å²) in [6, 6.07) is 25.3. The van der Waals surface area contributed by atoms with Gasteiger partial charge in [0.15, 0.2) is 0 Å². The standard InChI is InChI=1S/C28H30N6.2BrH/c29-15-9-19-33-23-21-31(27(33)25-11-3-1-4-12-25)17-7-8-18-32-22-24-34(20-10-16-30)28(32)26-13-5-2-6-14-26;;/h1-6,11-14,21-24H,7-10,17-20H2;2*1H/q+2;;/p-2. The highest BCUT2D eigenvalue weighted by molar-refractivity contribution is 5.53. The van der Waals surface area contributed by atoms with Gasteiger partial charge in [0, 0.05) is 0 Å². The van der Waals surface area contributed by atoms with E-state index in [0.29, 0.717) is 25.9 Å². The van der Waals surface area contributed by atoms with Gasteiger partial charge in [-0.05, 0) is 37.1 Å². The van der Waals surface area contributed by atoms with Crippen molar-refractivity contribution in [2.75, 3.05) is 0 Å². The van der Waals surface area contributed by atoms with Crippen LogP contribution in [0.4, 0.5) is 0 Å². The van der Waals surface area contributed by atoms with Crippen molar-refractivity contribution in [2.45, 2.75) is 51.9 Å². The zero-order chi connectivity index (χ0) is 23.6. The average Bonchev–Trinajstić information content (AvgIpc) is 3.48. The van der Waals surface area contributed by atoms with Gasteiger partial charge < -0.3 is 34.0 Å². The van der Waals surface area contributed by atoms with Crippen LogP contribution in [0.15, 0.2) is 85.5 Å². The number of aromatic nitrogens is 4. The molecule has 0 atom stereocenters. The third-order valence-corrected chi connectivity index (χ3v) is 5.98. The minimum Gasteiger partial charge on any atom is -1.00 e. The Labute approximate surface area is 234 Å². The third-order valence-electron chi connectivity index (χ3n) is 5.98. The maximum absolute atomic E-state index is 9.04. The molecule has 0 unspecified atom stereocenters. The molecule has 0 fully saturated rings. The van der Waals surface area contributed by atoms with Crippen LogP contribution in [0.25, 0.3) is 22.8 Å². The number of nitrogens with zero attached hydrogens (tertiary/aromatic N) is 6. The maximum Gasteiger partial charge on any atom is 0.288 e. The predicted octanol–water partition coefficient (Wildman–Crippen LogP) is -1.49. The summed E-state index contributed by atoms with van der Waals surface area (Å²) in [7, 11) is 0. The first-order valence-corrected chi connectivity index (χ1v) is 11.8. The molecule has 0 aliphatic heterocycles. The zero-order valence-corrected chi connectivity index (χ0v) is 23.4. The normalized spacial score (nSPS) is 10.1. The quantitative estimate of drug-likeness (QED) is 0.154. The Kier molecular flexibility index (Phi) is 12.1. The molecule has 0 aliphatic rings. The molecular formula is C28H30Br2N6. The van der Waals surface area contributed by atoms with E-state index in [9.17, 15) is 0 Å². The fourth-order valence-electron chi connectivity index (χ4n) is 4.40. The minimum atomic E-state index is 0. The highest BCUT2D eigenvalue weighted by atomic mass is 79.9. The van der Waals surface area contributed by atoms with E-state index < -0.39 is 0 Å². The lowest BCUT2D eigenvalue weighted by Crippen LogP contribution is -3.00. The van der Waals surface area contributed by atoms with Crippen molar-refractivity contribution in [3.63, 3.8) is 0 Å². The molecule has 0 bridgehead atoms. The Hall–Kier alpha value is -3.20. The second-order valence-electron chi connectivity index (χ2n) is 8.27. The van der Waals surface area contributed by atoms with Crippen molar-refractivity contribution in [1.29, 1.82) is 10.5 Å². The van der Waals surface area contributed by atoms with Crippen molar-refractivity contribution >= 4 is 0 Å². The van der Waals surface area contributed by atoms with E-state index in [4.69, 9.17) is 10.5 Å². The molecular weight excluding hydrogens is 580 g/mol. The molecule has 2 aromatic heterocycles. The molecule has 36 heavy (non-hydrogen) atoms. The van der Waals surface area contributed by atoms with Gasteiger partial charge in [0.2, 0.25) is 0 Å². The van der Waals surface area contributed by atoms with E-state index in [1.54, 1.807) is 0 Å². The van der Waals surface area contributed by atoms with Crippen molar-refractivity contribution in [2.24, 2.45) is 0 Å². The lowest BCUT2D eigenvalue weighted by Gasteiger charge is -2.06. The molecule has 0 aliphatic carbocycles. The van der Waals surface area contributed by atoms with E-state index in [2.05, 4.69) is 104 Å². The van der Waals surface area contributed by atoms with Crippen LogP contribution in [0, 0.1) is 22.7 Å². The van der Waals surface area contributed by atoms with Gasteiger partial charge in [0.1, 0.15) is 37.9 Å². The monoisotopic (exact) mass is 608 g/mol. The second kappa shape index (κ2) is 15.0. The third kappa shape index (κ3) is 7.16. The number of hydrogen-bond acceptors (Lipinski definition) is 2. The largest absolute Gasteiger partial charge is 1.00 e. The molecule has 0 N–H and O–H groups in total. The van der Waals surface area contributed by atoms with Crippen LogP contribution >= 0.6 is 0 Å². The number of imidazole rings is 2. The summed E-state index contributed by atoms with van der Waals surface area (Å²) in [5.74, 6) is 2.30. The number of aryl methyl sites for hydroxylation is 4. The lowest BCUT2D eigenvalue weighted by atomic mass is 10.2. The maximum atomic E-state index is 9.04. The summed E-state index contributed by atoms with van der Waals surface area (Å²) in [5.41, 5.74) is 2.33. The topological polar surface area (TPSA) is 65.2 Å². The van der Waals surface area contributed by atoms with Gasteiger partial charge in [-0.15, -0.1) is 0 Å². The van der Waals surface area contributed by atoms with Crippen LogP contribution in [0.5, 0.6) is 0 Å². The summed E-state index contributed by atoms with van der Waals surface area (Å²) >= 11 is 0. The molecule has 2 aromatic carbocycles. The molecule has 6 nitrogen and oxygen atoms in total. The van der Waals surface area contributed by atoms with Gasteiger partial charge in [-0.1, -0.05) is 36.4 Å². The Morgan fingerprint density at radius 1 is 0.611 bits per heavy atom. The van der Waals surface area contributed by atoms with Crippen LogP contribution < -0.4 is 43.1 Å². The summed E-state index contributed by atoms with van der Waals surface area (Å²) in [5, 5.41) is 18.1. The summed E-state index contributed by atoms with van der Waals surface area (Å²) in [4.78, 5) is 0. The molecule has 0 amide bonds. The van der Waals surface area contributed by atoms with Crippen molar-refractivity contribution in [1.82, 2.24) is 9.13 Å². The highest BCUT2D eigenvalue weighted by Crippen LogP contribution is 2.19. The fraction of sp³-hybridized carbons (Fsp3) is 0.286. The smallest absolute Gasteiger partial charge is 0.288 e. The Balaban J connectivity index is 0.00000228. The van der Waals surface area contributed by atoms with Gasteiger partial charge in [0.05, 0.1) is 49.2 Å². The van der Waals surface area contributed by atoms with E-state index in [-0.39, 0.29) is 34.0 Å². The Bertz CT molecular complexity index is 1180. The average molecular weight is 610 g/mol. The molecule has 4 rings (SSSR count). The fourth-order valence-corrected chi connectivity index (χ4v) is 4.40. The van der Waals surface area contributed by atoms with Crippen LogP contribution in [0.3, 0.4) is 0 Å². The van der Waals surface area contributed by atoms with Crippen molar-refractivity contribution in [3.8, 4) is 34.9 Å². The van der Waals surface area contributed by atoms with Gasteiger partial charge in [-0.25, -0.2) is 18.3 Å². The van der Waals surface area contributed by atoms with E-state index in [0.717, 1.165) is 37.6 Å². The lowest BCUT2D eigenvalue weighted by molar-refractivity contribution is -0.684. The predicted molar refractivity (Wildman–Crippen MR) is 130 cm³/mol. The van der Waals surface area contributed by atoms with E-state index in [1.165, 1.54) is 11.1 Å². The highest BCUT2D eigenvalue weighted by Gasteiger charge is 2.21. The van der Waals surface area contributed by atoms with E-state index in [1.807, 2.05) is 12.1 Å². The zero-order valence-electron chi connectivity index (χ0n) is 20.2. The number of rotatable bonds is 11. The second-order valence-corrected chi connectivity index (χ2v) is 8.27. The van der Waals surface area contributed by atoms with Crippen LogP contribution in [0.2, 0.25) is 0 Å². The SMILES string of the molecule is N#CCC[n+]1ccn(CCCCn2cc[n+](CCC#N)c2-c2ccccc2)c1-c1ccccc1.[Br-].[Br-]. The van der Waals surface area contributed by atoms with E-state index >= 15 is 0 Å². The number of nitriles is 2. The van der Waals surface area contributed by atoms with Gasteiger partial charge >= 0.3 is 0 Å². The molecule has 0 saturated carbocycles. The first-order chi connectivity index (χ1) is 16.8. The van der Waals surface area contributed by atoms with Gasteiger partial charge in [-0.3, -0.25) is 0 Å². The van der Waals surface area contributed by atoms with Gasteiger partial charge in [0.25, 0.3) is 11.6 Å². The Morgan fingerprint density at radius 2 is 1.00 bits per heavy atom.